The smallest absolute Gasteiger partial charge is 0.258 e. The summed E-state index contributed by atoms with van der Waals surface area (Å²) in [4.78, 5) is 16.3. The van der Waals surface area contributed by atoms with Crippen LogP contribution in [-0.2, 0) is 9.84 Å². The van der Waals surface area contributed by atoms with Gasteiger partial charge in [-0.1, -0.05) is 11.6 Å². The van der Waals surface area contributed by atoms with Crippen molar-refractivity contribution < 1.29 is 22.1 Å². The first-order valence-electron chi connectivity index (χ1n) is 6.36. The van der Waals surface area contributed by atoms with Gasteiger partial charge in [-0.2, -0.15) is 5.26 Å². The number of nitriles is 1. The topological polar surface area (TPSA) is 127 Å². The molecule has 0 bridgehead atoms. The molecule has 1 aromatic heterocycles. The monoisotopic (exact) mass is 388 g/mol. The van der Waals surface area contributed by atoms with Crippen molar-refractivity contribution in [1.29, 1.82) is 5.26 Å². The Morgan fingerprint density at radius 2 is 2.00 bits per heavy atom. The van der Waals surface area contributed by atoms with Gasteiger partial charge in [0.2, 0.25) is 20.2 Å². The van der Waals surface area contributed by atoms with Crippen molar-refractivity contribution in [2.24, 2.45) is 0 Å². The first-order chi connectivity index (χ1) is 11.6. The van der Waals surface area contributed by atoms with Crippen LogP contribution in [0.25, 0.3) is 0 Å². The molecule has 0 aliphatic heterocycles. The van der Waals surface area contributed by atoms with Gasteiger partial charge in [-0.25, -0.2) is 27.2 Å². The van der Waals surface area contributed by atoms with E-state index in [-0.39, 0.29) is 5.82 Å². The number of hydrogen-bond donors (Lipinski definition) is 0. The summed E-state index contributed by atoms with van der Waals surface area (Å²) in [6.45, 7) is 1.28. The molecule has 0 N–H and O–H groups in total. The van der Waals surface area contributed by atoms with Gasteiger partial charge in [0, 0.05) is 6.07 Å². The molecule has 2 rings (SSSR count). The molecule has 0 saturated heterocycles. The van der Waals surface area contributed by atoms with Crippen LogP contribution in [0.1, 0.15) is 16.8 Å². The Labute approximate surface area is 144 Å². The fourth-order valence-electron chi connectivity index (χ4n) is 2.02. The Balaban J connectivity index is 2.77. The van der Waals surface area contributed by atoms with Gasteiger partial charge in [0.15, 0.2) is 5.69 Å². The number of rotatable bonds is 4. The van der Waals surface area contributed by atoms with Crippen LogP contribution in [0.2, 0.25) is 5.15 Å². The van der Waals surface area contributed by atoms with Crippen LogP contribution in [0.4, 0.5) is 14.5 Å². The van der Waals surface area contributed by atoms with Gasteiger partial charge in [-0.3, -0.25) is 10.1 Å². The Morgan fingerprint density at radius 3 is 2.52 bits per heavy atom. The summed E-state index contributed by atoms with van der Waals surface area (Å²) in [5.74, 6) is -2.60. The molecular formula is C13H7ClF2N4O4S. The van der Waals surface area contributed by atoms with E-state index in [1.807, 2.05) is 0 Å². The first kappa shape index (κ1) is 18.6. The van der Waals surface area contributed by atoms with Crippen LogP contribution < -0.4 is 0 Å². The summed E-state index contributed by atoms with van der Waals surface area (Å²) in [6, 6.07) is 2.95. The molecule has 0 radical (unpaired) electrons. The van der Waals surface area contributed by atoms with Gasteiger partial charge < -0.3 is 0 Å². The van der Waals surface area contributed by atoms with E-state index in [1.54, 1.807) is 0 Å². The first-order valence-corrected chi connectivity index (χ1v) is 8.29. The van der Waals surface area contributed by atoms with Gasteiger partial charge in [0.25, 0.3) is 0 Å². The predicted octanol–water partition coefficient (Wildman–Crippen LogP) is 2.66. The Morgan fingerprint density at radius 1 is 1.36 bits per heavy atom. The second-order valence-electron chi connectivity index (χ2n) is 4.68. The highest BCUT2D eigenvalue weighted by molar-refractivity contribution is 7.92. The van der Waals surface area contributed by atoms with E-state index >= 15 is 0 Å². The molecule has 0 spiro atoms. The average Bonchev–Trinajstić information content (AvgIpc) is 2.45. The molecule has 130 valence electrons. The largest absolute Gasteiger partial charge is 0.330 e. The molecule has 0 fully saturated rings. The van der Waals surface area contributed by atoms with Crippen LogP contribution in [0.15, 0.2) is 23.1 Å². The summed E-state index contributed by atoms with van der Waals surface area (Å²) in [5, 5.41) is 17.5. The Kier molecular flexibility index (Phi) is 4.96. The van der Waals surface area contributed by atoms with Gasteiger partial charge >= 0.3 is 5.69 Å². The lowest BCUT2D eigenvalue weighted by atomic mass is 10.2. The lowest BCUT2D eigenvalue weighted by Crippen LogP contribution is -2.18. The number of hydrogen-bond acceptors (Lipinski definition) is 7. The maximum absolute atomic E-state index is 13.9. The van der Waals surface area contributed by atoms with E-state index in [1.165, 1.54) is 13.0 Å². The third-order valence-electron chi connectivity index (χ3n) is 3.04. The average molecular weight is 389 g/mol. The zero-order valence-corrected chi connectivity index (χ0v) is 13.8. The molecule has 8 nitrogen and oxygen atoms in total. The van der Waals surface area contributed by atoms with Crippen LogP contribution in [0, 0.1) is 40.0 Å². The number of benzene rings is 1. The van der Waals surface area contributed by atoms with Crippen molar-refractivity contribution in [1.82, 2.24) is 9.97 Å². The molecular weight excluding hydrogens is 382 g/mol. The van der Waals surface area contributed by atoms with E-state index in [0.29, 0.717) is 18.2 Å². The van der Waals surface area contributed by atoms with Crippen LogP contribution in [0.5, 0.6) is 0 Å². The second-order valence-corrected chi connectivity index (χ2v) is 7.04. The van der Waals surface area contributed by atoms with Crippen LogP contribution in [-0.4, -0.2) is 23.3 Å². The molecule has 0 aliphatic rings. The van der Waals surface area contributed by atoms with Gasteiger partial charge in [-0.05, 0) is 19.1 Å². The maximum atomic E-state index is 13.9. The quantitative estimate of drug-likeness (QED) is 0.341. The van der Waals surface area contributed by atoms with E-state index in [0.717, 1.165) is 0 Å². The predicted molar refractivity (Wildman–Crippen MR) is 80.3 cm³/mol. The van der Waals surface area contributed by atoms with Crippen molar-refractivity contribution in [3.05, 3.63) is 56.6 Å². The molecule has 1 aromatic carbocycles. The molecule has 1 heterocycles. The van der Waals surface area contributed by atoms with Gasteiger partial charge in [0.1, 0.15) is 22.4 Å². The number of aryl methyl sites for hydroxylation is 1. The van der Waals surface area contributed by atoms with Crippen molar-refractivity contribution in [3.8, 4) is 6.07 Å². The van der Waals surface area contributed by atoms with E-state index in [9.17, 15) is 32.6 Å². The number of halogens is 3. The molecule has 1 unspecified atom stereocenters. The number of aromatic nitrogens is 2. The highest BCUT2D eigenvalue weighted by Crippen LogP contribution is 2.36. The zero-order chi connectivity index (χ0) is 18.9. The Hall–Kier alpha value is -2.71. The molecule has 25 heavy (non-hydrogen) atoms. The maximum Gasteiger partial charge on any atom is 0.330 e. The van der Waals surface area contributed by atoms with Gasteiger partial charge in [0.05, 0.1) is 11.0 Å². The SMILES string of the molecule is Cc1nc(Cl)c([N+](=O)[O-])c(C(C#N)S(=O)(=O)c2ccc(F)cc2F)n1. The minimum atomic E-state index is -4.80. The van der Waals surface area contributed by atoms with E-state index in [2.05, 4.69) is 9.97 Å². The summed E-state index contributed by atoms with van der Waals surface area (Å²) in [5.41, 5.74) is -1.78. The molecule has 0 amide bonds. The molecule has 0 saturated carbocycles. The summed E-state index contributed by atoms with van der Waals surface area (Å²) in [7, 11) is -4.80. The summed E-state index contributed by atoms with van der Waals surface area (Å²) < 4.78 is 52.0. The normalized spacial score (nSPS) is 12.4. The van der Waals surface area contributed by atoms with Gasteiger partial charge in [-0.15, -0.1) is 0 Å². The van der Waals surface area contributed by atoms with Crippen molar-refractivity contribution in [2.45, 2.75) is 17.1 Å². The van der Waals surface area contributed by atoms with Crippen molar-refractivity contribution in [3.63, 3.8) is 0 Å². The number of nitro groups is 1. The molecule has 12 heteroatoms. The molecule has 1 atom stereocenters. The van der Waals surface area contributed by atoms with Crippen LogP contribution in [0.3, 0.4) is 0 Å². The zero-order valence-electron chi connectivity index (χ0n) is 12.3. The number of sulfone groups is 1. The lowest BCUT2D eigenvalue weighted by Gasteiger charge is -2.12. The highest BCUT2D eigenvalue weighted by atomic mass is 35.5. The third kappa shape index (κ3) is 3.40. The number of nitrogens with zero attached hydrogens (tertiary/aromatic N) is 4. The summed E-state index contributed by atoms with van der Waals surface area (Å²) in [6.07, 6.45) is 0. The van der Waals surface area contributed by atoms with Crippen LogP contribution >= 0.6 is 11.6 Å². The van der Waals surface area contributed by atoms with Crippen molar-refractivity contribution in [2.75, 3.05) is 0 Å². The fourth-order valence-corrected chi connectivity index (χ4v) is 3.74. The van der Waals surface area contributed by atoms with E-state index in [4.69, 9.17) is 11.6 Å². The molecule has 2 aromatic rings. The minimum Gasteiger partial charge on any atom is -0.258 e. The third-order valence-corrected chi connectivity index (χ3v) is 5.20. The second kappa shape index (κ2) is 6.66. The fraction of sp³-hybridized carbons (Fsp3) is 0.154. The lowest BCUT2D eigenvalue weighted by molar-refractivity contribution is -0.386. The standard InChI is InChI=1S/C13H7ClF2N4O4S/c1-6-18-11(12(20(21)22)13(14)19-6)10(5-17)25(23,24)9-3-2-7(15)4-8(9)16/h2-4,10H,1H3. The highest BCUT2D eigenvalue weighted by Gasteiger charge is 2.39. The molecule has 0 aliphatic carbocycles. The Bertz CT molecular complexity index is 1020. The van der Waals surface area contributed by atoms with Crippen molar-refractivity contribution >= 4 is 27.1 Å². The summed E-state index contributed by atoms with van der Waals surface area (Å²) >= 11 is 5.66. The minimum absolute atomic E-state index is 0.124. The van der Waals surface area contributed by atoms with E-state index < -0.39 is 53.1 Å².